The van der Waals surface area contributed by atoms with E-state index in [1.807, 2.05) is 13.0 Å². The molecule has 0 amide bonds. The lowest BCUT2D eigenvalue weighted by atomic mass is 9.74. The largest absolute Gasteiger partial charge is 0.356 e. The minimum absolute atomic E-state index is 0.535. The van der Waals surface area contributed by atoms with Crippen molar-refractivity contribution in [2.75, 3.05) is 23.4 Å². The molecule has 1 aromatic rings. The highest BCUT2D eigenvalue weighted by Gasteiger charge is 2.31. The molecule has 1 fully saturated rings. The van der Waals surface area contributed by atoms with Crippen molar-refractivity contribution in [1.82, 2.24) is 9.97 Å². The van der Waals surface area contributed by atoms with Gasteiger partial charge in [0.25, 0.3) is 0 Å². The van der Waals surface area contributed by atoms with Crippen LogP contribution in [0.3, 0.4) is 0 Å². The Hall–Kier alpha value is -1.36. The molecule has 0 bridgehead atoms. The highest BCUT2D eigenvalue weighted by atomic mass is 15.3. The van der Waals surface area contributed by atoms with Crippen LogP contribution in [0.15, 0.2) is 6.07 Å². The van der Waals surface area contributed by atoms with Crippen molar-refractivity contribution in [3.8, 4) is 0 Å². The van der Waals surface area contributed by atoms with E-state index in [0.717, 1.165) is 24.7 Å². The molecule has 0 saturated carbocycles. The zero-order chi connectivity index (χ0) is 13.9. The van der Waals surface area contributed by atoms with Gasteiger partial charge in [0.05, 0.1) is 0 Å². The van der Waals surface area contributed by atoms with Gasteiger partial charge in [-0.25, -0.2) is 15.8 Å². The molecule has 0 spiro atoms. The summed E-state index contributed by atoms with van der Waals surface area (Å²) in [5.41, 5.74) is 3.14. The Bertz CT molecular complexity index is 418. The average Bonchev–Trinajstić information content (AvgIpc) is 2.46. The third kappa shape index (κ3) is 2.97. The zero-order valence-electron chi connectivity index (χ0n) is 12.2. The Balaban J connectivity index is 2.11. The Morgan fingerprint density at radius 3 is 2.42 bits per heavy atom. The summed E-state index contributed by atoms with van der Waals surface area (Å²) in [7, 11) is 0. The minimum atomic E-state index is 0.535. The molecular weight excluding hydrogens is 238 g/mol. The lowest BCUT2D eigenvalue weighted by Crippen LogP contribution is -2.40. The fourth-order valence-electron chi connectivity index (χ4n) is 2.96. The molecule has 0 aromatic carbocycles. The molecule has 1 aromatic heterocycles. The fraction of sp³-hybridized carbons (Fsp3) is 0.714. The van der Waals surface area contributed by atoms with Gasteiger partial charge >= 0.3 is 0 Å². The third-order valence-corrected chi connectivity index (χ3v) is 4.62. The number of hydrogen-bond donors (Lipinski definition) is 2. The van der Waals surface area contributed by atoms with Crippen LogP contribution in [0.4, 0.5) is 11.6 Å². The van der Waals surface area contributed by atoms with Gasteiger partial charge < -0.3 is 10.3 Å². The maximum Gasteiger partial charge on any atom is 0.145 e. The number of rotatable bonds is 4. The van der Waals surface area contributed by atoms with E-state index in [0.29, 0.717) is 11.2 Å². The Kier molecular flexibility index (Phi) is 4.24. The first-order valence-electron chi connectivity index (χ1n) is 7.19. The van der Waals surface area contributed by atoms with E-state index in [9.17, 15) is 0 Å². The van der Waals surface area contributed by atoms with Crippen LogP contribution in [0.2, 0.25) is 0 Å². The Labute approximate surface area is 115 Å². The minimum Gasteiger partial charge on any atom is -0.356 e. The molecule has 1 aliphatic heterocycles. The summed E-state index contributed by atoms with van der Waals surface area (Å²) in [5.74, 6) is 7.87. The summed E-state index contributed by atoms with van der Waals surface area (Å²) in [5, 5.41) is 0. The van der Waals surface area contributed by atoms with Gasteiger partial charge in [0, 0.05) is 19.2 Å². The molecule has 106 valence electrons. The van der Waals surface area contributed by atoms with Crippen molar-refractivity contribution in [3.05, 3.63) is 11.9 Å². The number of aromatic nitrogens is 2. The van der Waals surface area contributed by atoms with E-state index < -0.39 is 0 Å². The maximum absolute atomic E-state index is 5.44. The predicted octanol–water partition coefficient (Wildman–Crippen LogP) is 2.48. The van der Waals surface area contributed by atoms with Gasteiger partial charge in [0.1, 0.15) is 17.5 Å². The normalized spacial score (nSPS) is 18.4. The van der Waals surface area contributed by atoms with Crippen LogP contribution in [-0.2, 0) is 0 Å². The quantitative estimate of drug-likeness (QED) is 0.645. The first-order chi connectivity index (χ1) is 9.12. The molecule has 0 atom stereocenters. The van der Waals surface area contributed by atoms with Crippen LogP contribution in [0.5, 0.6) is 0 Å². The van der Waals surface area contributed by atoms with Gasteiger partial charge in [0.15, 0.2) is 0 Å². The molecule has 19 heavy (non-hydrogen) atoms. The number of nitrogens with two attached hydrogens (primary N) is 1. The summed E-state index contributed by atoms with van der Waals surface area (Å²) < 4.78 is 0. The van der Waals surface area contributed by atoms with Gasteiger partial charge in [-0.2, -0.15) is 0 Å². The number of hydrogen-bond acceptors (Lipinski definition) is 5. The number of aryl methyl sites for hydroxylation is 1. The lowest BCUT2D eigenvalue weighted by Gasteiger charge is -2.41. The van der Waals surface area contributed by atoms with Crippen molar-refractivity contribution < 1.29 is 0 Å². The fourth-order valence-corrected chi connectivity index (χ4v) is 2.96. The van der Waals surface area contributed by atoms with Crippen LogP contribution in [0, 0.1) is 12.3 Å². The number of hydrazine groups is 1. The van der Waals surface area contributed by atoms with E-state index in [1.54, 1.807) is 0 Å². The van der Waals surface area contributed by atoms with Crippen molar-refractivity contribution in [1.29, 1.82) is 0 Å². The van der Waals surface area contributed by atoms with E-state index in [2.05, 4.69) is 34.1 Å². The van der Waals surface area contributed by atoms with Crippen LogP contribution >= 0.6 is 0 Å². The molecular formula is C14H25N5. The monoisotopic (exact) mass is 263 g/mol. The summed E-state index contributed by atoms with van der Waals surface area (Å²) in [6.07, 6.45) is 5.04. The first kappa shape index (κ1) is 14.1. The van der Waals surface area contributed by atoms with Crippen LogP contribution < -0.4 is 16.2 Å². The number of nitrogens with one attached hydrogen (secondary N) is 1. The maximum atomic E-state index is 5.44. The van der Waals surface area contributed by atoms with E-state index in [-0.39, 0.29) is 0 Å². The number of nitrogens with zero attached hydrogens (tertiary/aromatic N) is 3. The molecule has 1 aliphatic rings. The Morgan fingerprint density at radius 1 is 1.26 bits per heavy atom. The summed E-state index contributed by atoms with van der Waals surface area (Å²) in [6.45, 7) is 8.66. The highest BCUT2D eigenvalue weighted by Crippen LogP contribution is 2.38. The van der Waals surface area contributed by atoms with Crippen molar-refractivity contribution in [2.24, 2.45) is 11.3 Å². The van der Waals surface area contributed by atoms with Gasteiger partial charge in [-0.15, -0.1) is 0 Å². The standard InChI is InChI=1S/C14H25N5/c1-4-14(5-2)6-8-19(9-7-14)13-10-12(18-15)16-11(3)17-13/h10H,4-9,15H2,1-3H3,(H,16,17,18). The molecule has 3 N–H and O–H groups in total. The van der Waals surface area contributed by atoms with Gasteiger partial charge in [0.2, 0.25) is 0 Å². The van der Waals surface area contributed by atoms with Gasteiger partial charge in [-0.3, -0.25) is 0 Å². The lowest BCUT2D eigenvalue weighted by molar-refractivity contribution is 0.199. The van der Waals surface area contributed by atoms with Crippen molar-refractivity contribution in [3.63, 3.8) is 0 Å². The number of anilines is 2. The van der Waals surface area contributed by atoms with E-state index in [1.165, 1.54) is 25.7 Å². The van der Waals surface area contributed by atoms with Crippen LogP contribution in [0.25, 0.3) is 0 Å². The third-order valence-electron chi connectivity index (χ3n) is 4.62. The number of piperidine rings is 1. The second-order valence-corrected chi connectivity index (χ2v) is 5.50. The van der Waals surface area contributed by atoms with Gasteiger partial charge in [-0.1, -0.05) is 26.7 Å². The molecule has 0 radical (unpaired) electrons. The highest BCUT2D eigenvalue weighted by molar-refractivity contribution is 5.49. The zero-order valence-corrected chi connectivity index (χ0v) is 12.2. The smallest absolute Gasteiger partial charge is 0.145 e. The molecule has 0 unspecified atom stereocenters. The van der Waals surface area contributed by atoms with E-state index >= 15 is 0 Å². The topological polar surface area (TPSA) is 67.1 Å². The molecule has 2 heterocycles. The summed E-state index contributed by atoms with van der Waals surface area (Å²) in [4.78, 5) is 11.1. The molecule has 2 rings (SSSR count). The number of nitrogen functional groups attached to an aromatic ring is 1. The van der Waals surface area contributed by atoms with Crippen LogP contribution in [-0.4, -0.2) is 23.1 Å². The summed E-state index contributed by atoms with van der Waals surface area (Å²) in [6, 6.07) is 1.93. The second-order valence-electron chi connectivity index (χ2n) is 5.50. The van der Waals surface area contributed by atoms with E-state index in [4.69, 9.17) is 5.84 Å². The predicted molar refractivity (Wildman–Crippen MR) is 79.0 cm³/mol. The molecule has 5 nitrogen and oxygen atoms in total. The van der Waals surface area contributed by atoms with Crippen LogP contribution in [0.1, 0.15) is 45.4 Å². The van der Waals surface area contributed by atoms with Crippen molar-refractivity contribution >= 4 is 11.6 Å². The van der Waals surface area contributed by atoms with Gasteiger partial charge in [-0.05, 0) is 25.2 Å². The van der Waals surface area contributed by atoms with Crippen molar-refractivity contribution in [2.45, 2.75) is 46.5 Å². The SMILES string of the molecule is CCC1(CC)CCN(c2cc(NN)nc(C)n2)CC1. The molecule has 5 heteroatoms. The molecule has 1 saturated heterocycles. The molecule has 0 aliphatic carbocycles. The second kappa shape index (κ2) is 5.74. The summed E-state index contributed by atoms with van der Waals surface area (Å²) >= 11 is 0. The average molecular weight is 263 g/mol. The first-order valence-corrected chi connectivity index (χ1v) is 7.19. The Morgan fingerprint density at radius 2 is 1.89 bits per heavy atom.